The van der Waals surface area contributed by atoms with E-state index in [-0.39, 0.29) is 17.5 Å². The summed E-state index contributed by atoms with van der Waals surface area (Å²) in [6.45, 7) is 1.59. The molecule has 0 aliphatic rings. The highest BCUT2D eigenvalue weighted by Crippen LogP contribution is 2.31. The molecule has 118 valence electrons. The van der Waals surface area contributed by atoms with E-state index in [1.165, 1.54) is 12.1 Å². The molecule has 21 heavy (non-hydrogen) atoms. The number of nitrogen functional groups attached to an aromatic ring is 1. The summed E-state index contributed by atoms with van der Waals surface area (Å²) in [5, 5.41) is 3.25. The van der Waals surface area contributed by atoms with E-state index in [0.29, 0.717) is 42.8 Å². The molecular formula is C13H18Cl2N2O4. The van der Waals surface area contributed by atoms with Gasteiger partial charge in [-0.25, -0.2) is 0 Å². The Morgan fingerprint density at radius 2 is 1.86 bits per heavy atom. The van der Waals surface area contributed by atoms with Gasteiger partial charge in [-0.15, -0.1) is 0 Å². The van der Waals surface area contributed by atoms with Crippen LogP contribution in [0.4, 0.5) is 11.4 Å². The second-order valence-electron chi connectivity index (χ2n) is 4.06. The third-order valence-corrected chi connectivity index (χ3v) is 2.90. The van der Waals surface area contributed by atoms with Gasteiger partial charge in [-0.05, 0) is 12.1 Å². The first-order valence-electron chi connectivity index (χ1n) is 6.23. The first-order valence-corrected chi connectivity index (χ1v) is 6.99. The van der Waals surface area contributed by atoms with Gasteiger partial charge in [0.15, 0.2) is 0 Å². The largest absolute Gasteiger partial charge is 0.397 e. The number of rotatable bonds is 9. The minimum absolute atomic E-state index is 0.119. The number of hydrogen-bond donors (Lipinski definition) is 2. The van der Waals surface area contributed by atoms with Crippen LogP contribution in [0.1, 0.15) is 0 Å². The standard InChI is InChI=1S/C13H18Cl2N2O4/c1-19-2-3-20-4-5-21-8-12(18)17-13-10(15)6-9(14)7-11(13)16/h6-7H,2-5,8,16H2,1H3,(H,17,18). The lowest BCUT2D eigenvalue weighted by atomic mass is 10.2. The van der Waals surface area contributed by atoms with E-state index < -0.39 is 0 Å². The summed E-state index contributed by atoms with van der Waals surface area (Å²) >= 11 is 11.7. The molecule has 6 nitrogen and oxygen atoms in total. The van der Waals surface area contributed by atoms with Crippen molar-refractivity contribution >= 4 is 40.5 Å². The number of ether oxygens (including phenoxy) is 3. The molecule has 3 N–H and O–H groups in total. The maximum Gasteiger partial charge on any atom is 0.250 e. The maximum atomic E-state index is 11.7. The predicted molar refractivity (Wildman–Crippen MR) is 83.0 cm³/mol. The van der Waals surface area contributed by atoms with E-state index >= 15 is 0 Å². The average Bonchev–Trinajstić information content (AvgIpc) is 2.42. The van der Waals surface area contributed by atoms with Crippen LogP contribution >= 0.6 is 23.2 Å². The van der Waals surface area contributed by atoms with Crippen LogP contribution < -0.4 is 11.1 Å². The van der Waals surface area contributed by atoms with Gasteiger partial charge in [0.05, 0.1) is 42.8 Å². The Hall–Kier alpha value is -1.05. The summed E-state index contributed by atoms with van der Waals surface area (Å²) < 4.78 is 15.2. The van der Waals surface area contributed by atoms with Crippen LogP contribution in [0.5, 0.6) is 0 Å². The van der Waals surface area contributed by atoms with Crippen LogP contribution in [0.3, 0.4) is 0 Å². The minimum atomic E-state index is -0.359. The summed E-state index contributed by atoms with van der Waals surface area (Å²) in [6.07, 6.45) is 0. The Morgan fingerprint density at radius 1 is 1.19 bits per heavy atom. The van der Waals surface area contributed by atoms with Gasteiger partial charge in [0.25, 0.3) is 0 Å². The van der Waals surface area contributed by atoms with Crippen molar-refractivity contribution in [2.45, 2.75) is 0 Å². The fraction of sp³-hybridized carbons (Fsp3) is 0.462. The van der Waals surface area contributed by atoms with E-state index in [0.717, 1.165) is 0 Å². The number of methoxy groups -OCH3 is 1. The van der Waals surface area contributed by atoms with Gasteiger partial charge in [-0.2, -0.15) is 0 Å². The molecule has 1 amide bonds. The number of nitrogens with one attached hydrogen (secondary N) is 1. The average molecular weight is 337 g/mol. The van der Waals surface area contributed by atoms with Gasteiger partial charge in [0, 0.05) is 12.1 Å². The Kier molecular flexibility index (Phi) is 8.41. The zero-order valence-corrected chi connectivity index (χ0v) is 13.2. The second-order valence-corrected chi connectivity index (χ2v) is 4.90. The van der Waals surface area contributed by atoms with Crippen molar-refractivity contribution in [2.24, 2.45) is 0 Å². The number of carbonyl (C=O) groups is 1. The minimum Gasteiger partial charge on any atom is -0.397 e. The summed E-state index contributed by atoms with van der Waals surface area (Å²) in [6, 6.07) is 3.01. The van der Waals surface area contributed by atoms with Crippen LogP contribution in [-0.2, 0) is 19.0 Å². The molecule has 0 atom stereocenters. The molecule has 0 fully saturated rings. The first-order chi connectivity index (χ1) is 10.0. The van der Waals surface area contributed by atoms with Crippen molar-refractivity contribution in [1.82, 2.24) is 0 Å². The quantitative estimate of drug-likeness (QED) is 0.533. The van der Waals surface area contributed by atoms with Gasteiger partial charge in [0.1, 0.15) is 6.61 Å². The van der Waals surface area contributed by atoms with Crippen LogP contribution in [0.15, 0.2) is 12.1 Å². The fourth-order valence-corrected chi connectivity index (χ4v) is 1.98. The predicted octanol–water partition coefficient (Wildman–Crippen LogP) is 2.19. The Balaban J connectivity index is 2.28. The third kappa shape index (κ3) is 6.97. The topological polar surface area (TPSA) is 82.8 Å². The van der Waals surface area contributed by atoms with Gasteiger partial charge in [-0.3, -0.25) is 4.79 Å². The van der Waals surface area contributed by atoms with E-state index in [4.69, 9.17) is 43.1 Å². The molecule has 1 aromatic rings. The monoisotopic (exact) mass is 336 g/mol. The first kappa shape index (κ1) is 18.0. The molecule has 0 radical (unpaired) electrons. The smallest absolute Gasteiger partial charge is 0.250 e. The normalized spacial score (nSPS) is 10.6. The molecule has 1 aromatic carbocycles. The van der Waals surface area contributed by atoms with E-state index in [2.05, 4.69) is 5.32 Å². The molecule has 0 spiro atoms. The van der Waals surface area contributed by atoms with Gasteiger partial charge in [0.2, 0.25) is 5.91 Å². The molecule has 0 unspecified atom stereocenters. The van der Waals surface area contributed by atoms with Crippen molar-refractivity contribution < 1.29 is 19.0 Å². The summed E-state index contributed by atoms with van der Waals surface area (Å²) in [4.78, 5) is 11.7. The van der Waals surface area contributed by atoms with Crippen molar-refractivity contribution in [3.05, 3.63) is 22.2 Å². The molecular weight excluding hydrogens is 319 g/mol. The van der Waals surface area contributed by atoms with E-state index in [1.54, 1.807) is 7.11 Å². The molecule has 0 saturated heterocycles. The number of benzene rings is 1. The summed E-state index contributed by atoms with van der Waals surface area (Å²) in [5.41, 5.74) is 6.36. The highest BCUT2D eigenvalue weighted by Gasteiger charge is 2.10. The SMILES string of the molecule is COCCOCCOCC(=O)Nc1c(N)cc(Cl)cc1Cl. The lowest BCUT2D eigenvalue weighted by Crippen LogP contribution is -2.21. The summed E-state index contributed by atoms with van der Waals surface area (Å²) in [7, 11) is 1.60. The zero-order chi connectivity index (χ0) is 15.7. The van der Waals surface area contributed by atoms with Crippen molar-refractivity contribution in [2.75, 3.05) is 51.2 Å². The van der Waals surface area contributed by atoms with Gasteiger partial charge >= 0.3 is 0 Å². The highest BCUT2D eigenvalue weighted by atomic mass is 35.5. The van der Waals surface area contributed by atoms with E-state index in [1.807, 2.05) is 0 Å². The highest BCUT2D eigenvalue weighted by molar-refractivity contribution is 6.37. The van der Waals surface area contributed by atoms with E-state index in [9.17, 15) is 4.79 Å². The number of amides is 1. The Labute approximate surface area is 133 Å². The number of hydrogen-bond acceptors (Lipinski definition) is 5. The van der Waals surface area contributed by atoms with Crippen LogP contribution in [0, 0.1) is 0 Å². The van der Waals surface area contributed by atoms with Crippen molar-refractivity contribution in [3.8, 4) is 0 Å². The fourth-order valence-electron chi connectivity index (χ4n) is 1.43. The Morgan fingerprint density at radius 3 is 2.52 bits per heavy atom. The number of nitrogens with two attached hydrogens (primary N) is 1. The molecule has 0 aliphatic heterocycles. The molecule has 0 saturated carbocycles. The third-order valence-electron chi connectivity index (χ3n) is 2.39. The molecule has 0 aliphatic carbocycles. The van der Waals surface area contributed by atoms with Gasteiger partial charge in [-0.1, -0.05) is 23.2 Å². The molecule has 0 aromatic heterocycles. The number of carbonyl (C=O) groups excluding carboxylic acids is 1. The van der Waals surface area contributed by atoms with Crippen LogP contribution in [0.2, 0.25) is 10.0 Å². The second kappa shape index (κ2) is 9.81. The van der Waals surface area contributed by atoms with Crippen molar-refractivity contribution in [3.63, 3.8) is 0 Å². The number of halogens is 2. The molecule has 8 heteroatoms. The lowest BCUT2D eigenvalue weighted by Gasteiger charge is -2.11. The number of anilines is 2. The molecule has 0 bridgehead atoms. The Bertz CT molecular complexity index is 448. The van der Waals surface area contributed by atoms with Crippen LogP contribution in [0.25, 0.3) is 0 Å². The maximum absolute atomic E-state index is 11.7. The zero-order valence-electron chi connectivity index (χ0n) is 11.7. The van der Waals surface area contributed by atoms with Crippen LogP contribution in [-0.4, -0.2) is 46.1 Å². The van der Waals surface area contributed by atoms with Crippen molar-refractivity contribution in [1.29, 1.82) is 0 Å². The molecule has 0 heterocycles. The van der Waals surface area contributed by atoms with Gasteiger partial charge < -0.3 is 25.3 Å². The molecule has 1 rings (SSSR count). The summed E-state index contributed by atoms with van der Waals surface area (Å²) in [5.74, 6) is -0.359. The lowest BCUT2D eigenvalue weighted by molar-refractivity contribution is -0.121.